The predicted molar refractivity (Wildman–Crippen MR) is 80.2 cm³/mol. The molecule has 3 N–H and O–H groups in total. The Morgan fingerprint density at radius 2 is 2.20 bits per heavy atom. The molecule has 11 heteroatoms. The fourth-order valence-electron chi connectivity index (χ4n) is 2.57. The van der Waals surface area contributed by atoms with Gasteiger partial charge in [0.05, 0.1) is 13.1 Å². The first-order chi connectivity index (χ1) is 11.6. The molecule has 1 aromatic heterocycles. The van der Waals surface area contributed by atoms with Crippen LogP contribution in [0.5, 0.6) is 0 Å². The third-order valence-corrected chi connectivity index (χ3v) is 3.99. The van der Waals surface area contributed by atoms with Crippen LogP contribution in [0.3, 0.4) is 0 Å². The van der Waals surface area contributed by atoms with Crippen LogP contribution in [0, 0.1) is 0 Å². The number of hydrogen-bond acceptors (Lipinski definition) is 5. The number of nitrogens with zero attached hydrogens (tertiary/aromatic N) is 3. The minimum Gasteiger partial charge on any atom is -0.374 e. The maximum atomic E-state index is 13.3. The molecule has 0 spiro atoms. The van der Waals surface area contributed by atoms with Gasteiger partial charge in [-0.1, -0.05) is 0 Å². The molecule has 0 aromatic carbocycles. The Hall–Kier alpha value is -2.14. The van der Waals surface area contributed by atoms with Gasteiger partial charge in [-0.3, -0.25) is 9.59 Å². The van der Waals surface area contributed by atoms with E-state index in [0.29, 0.717) is 13.1 Å². The maximum Gasteiger partial charge on any atom is 0.424 e. The van der Waals surface area contributed by atoms with E-state index in [1.54, 1.807) is 0 Å². The van der Waals surface area contributed by atoms with Gasteiger partial charge in [-0.25, -0.2) is 4.98 Å². The quantitative estimate of drug-likeness (QED) is 0.609. The van der Waals surface area contributed by atoms with Gasteiger partial charge in [0.15, 0.2) is 0 Å². The highest BCUT2D eigenvalue weighted by Gasteiger charge is 2.57. The number of amides is 2. The predicted octanol–water partition coefficient (Wildman–Crippen LogP) is -0.892. The molecule has 1 aliphatic heterocycles. The number of hydrogen-bond donors (Lipinski definition) is 3. The first kappa shape index (κ1) is 19.2. The molecule has 1 saturated heterocycles. The summed E-state index contributed by atoms with van der Waals surface area (Å²) in [5.74, 6) is -1.38. The first-order valence-electron chi connectivity index (χ1n) is 7.67. The van der Waals surface area contributed by atoms with Gasteiger partial charge in [0.1, 0.15) is 5.82 Å². The highest BCUT2D eigenvalue weighted by atomic mass is 19.4. The average Bonchev–Trinajstić information content (AvgIpc) is 2.95. The molecule has 2 rings (SSSR count). The van der Waals surface area contributed by atoms with E-state index in [9.17, 15) is 27.9 Å². The van der Waals surface area contributed by atoms with Gasteiger partial charge in [-0.2, -0.15) is 13.2 Å². The molecule has 1 aliphatic rings. The Morgan fingerprint density at radius 3 is 2.76 bits per heavy atom. The first-order valence-corrected chi connectivity index (χ1v) is 7.67. The Bertz CT molecular complexity index is 633. The molecule has 0 saturated carbocycles. The molecule has 2 amide bonds. The fraction of sp³-hybridized carbons (Fsp3) is 0.643. The number of halogens is 3. The molecule has 2 heterocycles. The lowest BCUT2D eigenvalue weighted by atomic mass is 9.97. The minimum absolute atomic E-state index is 0.125. The summed E-state index contributed by atoms with van der Waals surface area (Å²) < 4.78 is 41.0. The Morgan fingerprint density at radius 1 is 1.48 bits per heavy atom. The summed E-state index contributed by atoms with van der Waals surface area (Å²) in [6.45, 7) is 0.383. The summed E-state index contributed by atoms with van der Waals surface area (Å²) in [5, 5.41) is 15.3. The lowest BCUT2D eigenvalue weighted by molar-refractivity contribution is -0.272. The number of aromatic nitrogens is 2. The van der Waals surface area contributed by atoms with Crippen molar-refractivity contribution in [2.24, 2.45) is 7.05 Å². The summed E-state index contributed by atoms with van der Waals surface area (Å²) in [7, 11) is 1.34. The van der Waals surface area contributed by atoms with Crippen molar-refractivity contribution in [2.45, 2.75) is 18.2 Å². The van der Waals surface area contributed by atoms with E-state index in [0.717, 1.165) is 10.8 Å². The standard InChI is InChI=1S/C14H20F3N5O3/c1-21-6-5-20-12(21)13(25,14(15,16)17)2-3-19-10(23)9-22-7-4-18-8-11(22)24/h5-6,18,25H,2-4,7-9H2,1H3,(H,19,23)/t13-/m1/s1. The normalized spacial score (nSPS) is 18.1. The summed E-state index contributed by atoms with van der Waals surface area (Å²) in [5.41, 5.74) is -3.18. The van der Waals surface area contributed by atoms with E-state index in [1.165, 1.54) is 18.1 Å². The second-order valence-corrected chi connectivity index (χ2v) is 5.81. The monoisotopic (exact) mass is 363 g/mol. The van der Waals surface area contributed by atoms with E-state index in [2.05, 4.69) is 15.6 Å². The number of nitrogens with one attached hydrogen (secondary N) is 2. The van der Waals surface area contributed by atoms with Crippen LogP contribution in [0.1, 0.15) is 12.2 Å². The molecule has 0 aliphatic carbocycles. The zero-order chi connectivity index (χ0) is 18.7. The fourth-order valence-corrected chi connectivity index (χ4v) is 2.57. The zero-order valence-electron chi connectivity index (χ0n) is 13.6. The third kappa shape index (κ3) is 4.28. The van der Waals surface area contributed by atoms with Crippen molar-refractivity contribution in [3.8, 4) is 0 Å². The smallest absolute Gasteiger partial charge is 0.374 e. The average molecular weight is 363 g/mol. The molecular weight excluding hydrogens is 343 g/mol. The zero-order valence-corrected chi connectivity index (χ0v) is 13.6. The van der Waals surface area contributed by atoms with Crippen LogP contribution in [-0.4, -0.2) is 70.3 Å². The van der Waals surface area contributed by atoms with Crippen LogP contribution in [0.15, 0.2) is 12.4 Å². The minimum atomic E-state index is -4.95. The number of rotatable bonds is 6. The van der Waals surface area contributed by atoms with Gasteiger partial charge in [-0.15, -0.1) is 0 Å². The maximum absolute atomic E-state index is 13.3. The van der Waals surface area contributed by atoms with Gasteiger partial charge in [0.2, 0.25) is 17.4 Å². The second kappa shape index (κ2) is 7.40. The third-order valence-electron chi connectivity index (χ3n) is 3.99. The van der Waals surface area contributed by atoms with Gasteiger partial charge in [0, 0.05) is 45.5 Å². The van der Waals surface area contributed by atoms with Crippen LogP contribution in [0.2, 0.25) is 0 Å². The van der Waals surface area contributed by atoms with Crippen molar-refractivity contribution in [1.29, 1.82) is 0 Å². The van der Waals surface area contributed by atoms with Crippen molar-refractivity contribution < 1.29 is 27.9 Å². The highest BCUT2D eigenvalue weighted by molar-refractivity contribution is 5.86. The van der Waals surface area contributed by atoms with Crippen LogP contribution >= 0.6 is 0 Å². The number of imidazole rings is 1. The number of alkyl halides is 3. The largest absolute Gasteiger partial charge is 0.424 e. The Balaban J connectivity index is 1.94. The molecule has 0 radical (unpaired) electrons. The van der Waals surface area contributed by atoms with Crippen molar-refractivity contribution in [1.82, 2.24) is 25.1 Å². The SMILES string of the molecule is Cn1ccnc1[C@](O)(CCNC(=O)CN1CCNCC1=O)C(F)(F)F. The van der Waals surface area contributed by atoms with E-state index < -0.39 is 36.5 Å². The van der Waals surface area contributed by atoms with E-state index >= 15 is 0 Å². The van der Waals surface area contributed by atoms with E-state index in [1.807, 2.05) is 0 Å². The second-order valence-electron chi connectivity index (χ2n) is 5.81. The number of carbonyl (C=O) groups excluding carboxylic acids is 2. The van der Waals surface area contributed by atoms with Crippen molar-refractivity contribution >= 4 is 11.8 Å². The molecule has 0 bridgehead atoms. The van der Waals surface area contributed by atoms with Crippen molar-refractivity contribution in [2.75, 3.05) is 32.7 Å². The van der Waals surface area contributed by atoms with Crippen molar-refractivity contribution in [3.05, 3.63) is 18.2 Å². The molecule has 0 unspecified atom stereocenters. The van der Waals surface area contributed by atoms with Crippen LogP contribution in [0.25, 0.3) is 0 Å². The summed E-state index contributed by atoms with van der Waals surface area (Å²) in [6, 6.07) is 0. The summed E-state index contributed by atoms with van der Waals surface area (Å²) >= 11 is 0. The molecule has 1 atom stereocenters. The molecule has 1 aromatic rings. The van der Waals surface area contributed by atoms with Gasteiger partial charge in [0.25, 0.3) is 0 Å². The summed E-state index contributed by atoms with van der Waals surface area (Å²) in [6.07, 6.45) is -3.30. The molecule has 1 fully saturated rings. The Labute approximate surface area is 142 Å². The van der Waals surface area contributed by atoms with E-state index in [4.69, 9.17) is 0 Å². The number of carbonyl (C=O) groups is 2. The topological polar surface area (TPSA) is 99.5 Å². The van der Waals surface area contributed by atoms with Gasteiger partial charge in [-0.05, 0) is 0 Å². The van der Waals surface area contributed by atoms with Crippen molar-refractivity contribution in [3.63, 3.8) is 0 Å². The highest BCUT2D eigenvalue weighted by Crippen LogP contribution is 2.40. The lowest BCUT2D eigenvalue weighted by Crippen LogP contribution is -2.52. The van der Waals surface area contributed by atoms with Crippen LogP contribution < -0.4 is 10.6 Å². The molecule has 8 nitrogen and oxygen atoms in total. The molecule has 25 heavy (non-hydrogen) atoms. The van der Waals surface area contributed by atoms with Crippen LogP contribution in [-0.2, 0) is 22.2 Å². The number of piperazine rings is 1. The molecular formula is C14H20F3N5O3. The van der Waals surface area contributed by atoms with Gasteiger partial charge >= 0.3 is 6.18 Å². The Kier molecular flexibility index (Phi) is 5.68. The van der Waals surface area contributed by atoms with Crippen LogP contribution in [0.4, 0.5) is 13.2 Å². The number of aryl methyl sites for hydroxylation is 1. The lowest BCUT2D eigenvalue weighted by Gasteiger charge is -2.30. The van der Waals surface area contributed by atoms with Gasteiger partial charge < -0.3 is 25.2 Å². The van der Waals surface area contributed by atoms with E-state index in [-0.39, 0.29) is 19.0 Å². The summed E-state index contributed by atoms with van der Waals surface area (Å²) in [4.78, 5) is 28.3. The number of aliphatic hydroxyl groups is 1. The molecule has 140 valence electrons.